The number of anilines is 3. The van der Waals surface area contributed by atoms with E-state index in [0.29, 0.717) is 34.0 Å². The Hall–Kier alpha value is -1.69. The van der Waals surface area contributed by atoms with Crippen LogP contribution in [0.25, 0.3) is 0 Å². The molecular formula is C13H14BrFN4. The second-order valence-corrected chi connectivity index (χ2v) is 4.73. The van der Waals surface area contributed by atoms with Crippen LogP contribution >= 0.6 is 15.9 Å². The van der Waals surface area contributed by atoms with Gasteiger partial charge in [-0.3, -0.25) is 0 Å². The van der Waals surface area contributed by atoms with E-state index in [-0.39, 0.29) is 5.82 Å². The van der Waals surface area contributed by atoms with Crippen LogP contribution in [0, 0.1) is 5.82 Å². The zero-order valence-corrected chi connectivity index (χ0v) is 12.3. The van der Waals surface area contributed by atoms with Gasteiger partial charge in [-0.25, -0.2) is 14.4 Å². The number of nitrogens with one attached hydrogen (secondary N) is 2. The van der Waals surface area contributed by atoms with Crippen LogP contribution in [0.2, 0.25) is 0 Å². The lowest BCUT2D eigenvalue weighted by Crippen LogP contribution is -2.04. The van der Waals surface area contributed by atoms with Crippen LogP contribution in [0.15, 0.2) is 28.7 Å². The molecule has 0 radical (unpaired) electrons. The van der Waals surface area contributed by atoms with Gasteiger partial charge in [-0.1, -0.05) is 13.0 Å². The number of para-hydroxylation sites is 1. The van der Waals surface area contributed by atoms with Crippen LogP contribution in [0.1, 0.15) is 12.7 Å². The highest BCUT2D eigenvalue weighted by Gasteiger charge is 2.09. The predicted octanol–water partition coefficient (Wildman–Crippen LogP) is 3.73. The summed E-state index contributed by atoms with van der Waals surface area (Å²) in [6.07, 6.45) is 0.711. The lowest BCUT2D eigenvalue weighted by atomic mass is 10.3. The van der Waals surface area contributed by atoms with Gasteiger partial charge in [0.05, 0.1) is 5.69 Å². The van der Waals surface area contributed by atoms with Crippen molar-refractivity contribution in [2.45, 2.75) is 13.3 Å². The van der Waals surface area contributed by atoms with Gasteiger partial charge < -0.3 is 10.6 Å². The Morgan fingerprint density at radius 2 is 2.00 bits per heavy atom. The van der Waals surface area contributed by atoms with E-state index in [9.17, 15) is 4.39 Å². The zero-order chi connectivity index (χ0) is 13.8. The molecule has 19 heavy (non-hydrogen) atoms. The normalized spacial score (nSPS) is 10.3. The summed E-state index contributed by atoms with van der Waals surface area (Å²) in [4.78, 5) is 8.62. The summed E-state index contributed by atoms with van der Waals surface area (Å²) in [6, 6.07) is 6.54. The van der Waals surface area contributed by atoms with E-state index in [1.807, 2.05) is 6.92 Å². The fourth-order valence-electron chi connectivity index (χ4n) is 1.59. The van der Waals surface area contributed by atoms with Crippen molar-refractivity contribution in [3.05, 3.63) is 40.4 Å². The molecular weight excluding hydrogens is 311 g/mol. The highest BCUT2D eigenvalue weighted by atomic mass is 79.9. The van der Waals surface area contributed by atoms with Gasteiger partial charge in [-0.05, 0) is 28.1 Å². The number of aromatic nitrogens is 2. The van der Waals surface area contributed by atoms with Crippen molar-refractivity contribution in [1.82, 2.24) is 9.97 Å². The molecule has 0 unspecified atom stereocenters. The number of halogens is 2. The molecule has 1 aromatic heterocycles. The molecule has 0 saturated heterocycles. The predicted molar refractivity (Wildman–Crippen MR) is 78.3 cm³/mol. The highest BCUT2D eigenvalue weighted by Crippen LogP contribution is 2.28. The topological polar surface area (TPSA) is 49.8 Å². The Balaban J connectivity index is 2.37. The number of rotatable bonds is 4. The Bertz CT molecular complexity index is 546. The third kappa shape index (κ3) is 3.20. The average molecular weight is 325 g/mol. The number of hydrogen-bond donors (Lipinski definition) is 2. The van der Waals surface area contributed by atoms with Crippen LogP contribution in [0.5, 0.6) is 0 Å². The summed E-state index contributed by atoms with van der Waals surface area (Å²) in [7, 11) is 1.78. The van der Waals surface area contributed by atoms with E-state index in [0.717, 1.165) is 0 Å². The minimum atomic E-state index is -0.336. The zero-order valence-electron chi connectivity index (χ0n) is 10.7. The molecule has 2 N–H and O–H groups in total. The molecule has 0 fully saturated rings. The fraction of sp³-hybridized carbons (Fsp3) is 0.231. The monoisotopic (exact) mass is 324 g/mol. The minimum absolute atomic E-state index is 0.336. The van der Waals surface area contributed by atoms with Crippen LogP contribution in [0.3, 0.4) is 0 Å². The van der Waals surface area contributed by atoms with E-state index in [2.05, 4.69) is 36.5 Å². The molecule has 1 aromatic carbocycles. The Labute approximate surface area is 119 Å². The molecule has 0 aliphatic rings. The lowest BCUT2D eigenvalue weighted by Gasteiger charge is -2.11. The van der Waals surface area contributed by atoms with E-state index in [1.54, 1.807) is 25.2 Å². The molecule has 0 atom stereocenters. The summed E-state index contributed by atoms with van der Waals surface area (Å²) in [5.74, 6) is 1.61. The fourth-order valence-corrected chi connectivity index (χ4v) is 2.03. The van der Waals surface area contributed by atoms with E-state index in [4.69, 9.17) is 0 Å². The van der Waals surface area contributed by atoms with Gasteiger partial charge in [0.1, 0.15) is 23.3 Å². The smallest absolute Gasteiger partial charge is 0.147 e. The van der Waals surface area contributed by atoms with Crippen molar-refractivity contribution in [2.75, 3.05) is 17.7 Å². The van der Waals surface area contributed by atoms with Gasteiger partial charge >= 0.3 is 0 Å². The summed E-state index contributed by atoms with van der Waals surface area (Å²) >= 11 is 3.31. The second-order valence-electron chi connectivity index (χ2n) is 3.88. The first-order valence-corrected chi connectivity index (χ1v) is 6.70. The van der Waals surface area contributed by atoms with Gasteiger partial charge in [-0.2, -0.15) is 0 Å². The molecule has 6 heteroatoms. The van der Waals surface area contributed by atoms with Gasteiger partial charge in [0, 0.05) is 24.0 Å². The maximum Gasteiger partial charge on any atom is 0.147 e. The maximum atomic E-state index is 13.7. The van der Waals surface area contributed by atoms with Crippen molar-refractivity contribution in [3.63, 3.8) is 0 Å². The first kappa shape index (κ1) is 13.7. The minimum Gasteiger partial charge on any atom is -0.373 e. The average Bonchev–Trinajstić information content (AvgIpc) is 2.42. The largest absolute Gasteiger partial charge is 0.373 e. The van der Waals surface area contributed by atoms with Crippen molar-refractivity contribution >= 4 is 33.3 Å². The third-order valence-electron chi connectivity index (χ3n) is 2.56. The maximum absolute atomic E-state index is 13.7. The number of hydrogen-bond acceptors (Lipinski definition) is 4. The molecule has 2 aromatic rings. The summed E-state index contributed by atoms with van der Waals surface area (Å²) in [5.41, 5.74) is 0.366. The van der Waals surface area contributed by atoms with E-state index >= 15 is 0 Å². The molecule has 0 aliphatic carbocycles. The number of benzene rings is 1. The molecule has 0 amide bonds. The van der Waals surface area contributed by atoms with Crippen molar-refractivity contribution in [3.8, 4) is 0 Å². The lowest BCUT2D eigenvalue weighted by molar-refractivity contribution is 0.631. The Kier molecular flexibility index (Phi) is 4.31. The van der Waals surface area contributed by atoms with E-state index in [1.165, 1.54) is 6.07 Å². The molecule has 0 aliphatic heterocycles. The molecule has 1 heterocycles. The van der Waals surface area contributed by atoms with Crippen LogP contribution in [-0.2, 0) is 6.42 Å². The summed E-state index contributed by atoms with van der Waals surface area (Å²) in [6.45, 7) is 1.97. The van der Waals surface area contributed by atoms with E-state index < -0.39 is 0 Å². The quantitative estimate of drug-likeness (QED) is 0.899. The standard InChI is InChI=1S/C13H14BrFN4/c1-3-10-17-11(16-2)7-12(18-10)19-13-8(14)5-4-6-9(13)15/h4-7H,3H2,1-2H3,(H2,16,17,18,19). The molecule has 0 saturated carbocycles. The van der Waals surface area contributed by atoms with Crippen molar-refractivity contribution < 1.29 is 4.39 Å². The first-order valence-electron chi connectivity index (χ1n) is 5.90. The van der Waals surface area contributed by atoms with Crippen molar-refractivity contribution in [2.24, 2.45) is 0 Å². The molecule has 0 spiro atoms. The summed E-state index contributed by atoms with van der Waals surface area (Å²) in [5, 5.41) is 5.94. The molecule has 100 valence electrons. The third-order valence-corrected chi connectivity index (χ3v) is 3.22. The van der Waals surface area contributed by atoms with Crippen LogP contribution in [-0.4, -0.2) is 17.0 Å². The first-order chi connectivity index (χ1) is 9.13. The van der Waals surface area contributed by atoms with Gasteiger partial charge in [0.15, 0.2) is 0 Å². The SMILES string of the molecule is CCc1nc(NC)cc(Nc2c(F)cccc2Br)n1. The number of nitrogens with zero attached hydrogens (tertiary/aromatic N) is 2. The Morgan fingerprint density at radius 1 is 1.26 bits per heavy atom. The highest BCUT2D eigenvalue weighted by molar-refractivity contribution is 9.10. The van der Waals surface area contributed by atoms with Crippen LogP contribution < -0.4 is 10.6 Å². The summed E-state index contributed by atoms with van der Waals surface area (Å²) < 4.78 is 14.4. The van der Waals surface area contributed by atoms with Gasteiger partial charge in [0.25, 0.3) is 0 Å². The Morgan fingerprint density at radius 3 is 2.63 bits per heavy atom. The molecule has 0 bridgehead atoms. The number of aryl methyl sites for hydroxylation is 1. The van der Waals surface area contributed by atoms with Crippen molar-refractivity contribution in [1.29, 1.82) is 0 Å². The molecule has 4 nitrogen and oxygen atoms in total. The van der Waals surface area contributed by atoms with Gasteiger partial charge in [-0.15, -0.1) is 0 Å². The molecule has 2 rings (SSSR count). The van der Waals surface area contributed by atoms with Crippen LogP contribution in [0.4, 0.5) is 21.7 Å². The second kappa shape index (κ2) is 5.97. The van der Waals surface area contributed by atoms with Gasteiger partial charge in [0.2, 0.25) is 0 Å².